The summed E-state index contributed by atoms with van der Waals surface area (Å²) in [4.78, 5) is 15.1. The van der Waals surface area contributed by atoms with Gasteiger partial charge in [-0.05, 0) is 23.8 Å². The van der Waals surface area contributed by atoms with Crippen LogP contribution in [0.1, 0.15) is 15.9 Å². The SMILES string of the molecule is O=C(OCc1ccccc1)c1c[nH]c2ccc(O)cc12. The molecule has 0 aliphatic rings. The number of aromatic amines is 1. The van der Waals surface area contributed by atoms with Crippen molar-refractivity contribution in [3.05, 3.63) is 65.9 Å². The maximum Gasteiger partial charge on any atom is 0.340 e. The third kappa shape index (κ3) is 2.36. The lowest BCUT2D eigenvalue weighted by Crippen LogP contribution is -2.04. The Hall–Kier alpha value is -2.75. The van der Waals surface area contributed by atoms with Gasteiger partial charge in [0.25, 0.3) is 0 Å². The smallest absolute Gasteiger partial charge is 0.340 e. The van der Waals surface area contributed by atoms with Crippen molar-refractivity contribution >= 4 is 16.9 Å². The molecule has 0 radical (unpaired) electrons. The number of ether oxygens (including phenoxy) is 1. The van der Waals surface area contributed by atoms with Gasteiger partial charge in [-0.25, -0.2) is 4.79 Å². The number of carbonyl (C=O) groups is 1. The first-order valence-corrected chi connectivity index (χ1v) is 6.25. The minimum atomic E-state index is -0.411. The van der Waals surface area contributed by atoms with Crippen molar-refractivity contribution in [2.75, 3.05) is 0 Å². The molecule has 1 aromatic heterocycles. The molecule has 0 unspecified atom stereocenters. The first-order chi connectivity index (χ1) is 9.74. The Bertz CT molecular complexity index is 747. The normalized spacial score (nSPS) is 10.6. The van der Waals surface area contributed by atoms with Gasteiger partial charge in [0.1, 0.15) is 12.4 Å². The highest BCUT2D eigenvalue weighted by atomic mass is 16.5. The summed E-state index contributed by atoms with van der Waals surface area (Å²) < 4.78 is 5.28. The van der Waals surface area contributed by atoms with Gasteiger partial charge in [-0.15, -0.1) is 0 Å². The molecule has 0 saturated heterocycles. The van der Waals surface area contributed by atoms with Crippen molar-refractivity contribution in [3.8, 4) is 5.75 Å². The molecule has 0 saturated carbocycles. The van der Waals surface area contributed by atoms with E-state index in [1.807, 2.05) is 30.3 Å². The average molecular weight is 267 g/mol. The summed E-state index contributed by atoms with van der Waals surface area (Å²) in [6.45, 7) is 0.227. The fourth-order valence-corrected chi connectivity index (χ4v) is 2.08. The molecule has 0 aliphatic heterocycles. The zero-order valence-electron chi connectivity index (χ0n) is 10.7. The number of phenolic OH excluding ortho intramolecular Hbond substituents is 1. The zero-order valence-corrected chi connectivity index (χ0v) is 10.7. The molecule has 0 spiro atoms. The number of esters is 1. The molecule has 0 aliphatic carbocycles. The number of rotatable bonds is 3. The van der Waals surface area contributed by atoms with Crippen LogP contribution in [-0.2, 0) is 11.3 Å². The van der Waals surface area contributed by atoms with Gasteiger partial charge in [-0.2, -0.15) is 0 Å². The summed E-state index contributed by atoms with van der Waals surface area (Å²) in [6.07, 6.45) is 1.59. The Kier molecular flexibility index (Phi) is 3.13. The van der Waals surface area contributed by atoms with Crippen LogP contribution in [0.4, 0.5) is 0 Å². The molecule has 20 heavy (non-hydrogen) atoms. The monoisotopic (exact) mass is 267 g/mol. The van der Waals surface area contributed by atoms with Gasteiger partial charge in [0.05, 0.1) is 5.56 Å². The number of aromatic nitrogens is 1. The molecule has 0 fully saturated rings. The van der Waals surface area contributed by atoms with Gasteiger partial charge in [0.2, 0.25) is 0 Å². The number of nitrogens with one attached hydrogen (secondary N) is 1. The van der Waals surface area contributed by atoms with E-state index in [0.29, 0.717) is 10.9 Å². The highest BCUT2D eigenvalue weighted by Gasteiger charge is 2.13. The van der Waals surface area contributed by atoms with Crippen LogP contribution in [0, 0.1) is 0 Å². The van der Waals surface area contributed by atoms with E-state index in [9.17, 15) is 9.90 Å². The topological polar surface area (TPSA) is 62.3 Å². The van der Waals surface area contributed by atoms with Crippen LogP contribution in [0.5, 0.6) is 5.75 Å². The van der Waals surface area contributed by atoms with Gasteiger partial charge < -0.3 is 14.8 Å². The molecule has 4 nitrogen and oxygen atoms in total. The lowest BCUT2D eigenvalue weighted by molar-refractivity contribution is 0.0475. The predicted molar refractivity (Wildman–Crippen MR) is 75.5 cm³/mol. The van der Waals surface area contributed by atoms with Crippen molar-refractivity contribution in [3.63, 3.8) is 0 Å². The van der Waals surface area contributed by atoms with Crippen LogP contribution >= 0.6 is 0 Å². The second-order valence-corrected chi connectivity index (χ2v) is 4.49. The molecule has 3 rings (SSSR count). The Labute approximate surface area is 115 Å². The van der Waals surface area contributed by atoms with Crippen LogP contribution in [-0.4, -0.2) is 16.1 Å². The summed E-state index contributed by atoms with van der Waals surface area (Å²) in [5, 5.41) is 10.2. The van der Waals surface area contributed by atoms with E-state index in [-0.39, 0.29) is 12.4 Å². The fraction of sp³-hybridized carbons (Fsp3) is 0.0625. The van der Waals surface area contributed by atoms with Gasteiger partial charge in [-0.3, -0.25) is 0 Å². The largest absolute Gasteiger partial charge is 0.508 e. The van der Waals surface area contributed by atoms with Crippen LogP contribution in [0.25, 0.3) is 10.9 Å². The lowest BCUT2D eigenvalue weighted by atomic mass is 10.1. The Morgan fingerprint density at radius 2 is 1.95 bits per heavy atom. The Balaban J connectivity index is 1.80. The molecule has 0 atom stereocenters. The van der Waals surface area contributed by atoms with E-state index >= 15 is 0 Å². The highest BCUT2D eigenvalue weighted by molar-refractivity contribution is 6.04. The van der Waals surface area contributed by atoms with Crippen molar-refractivity contribution in [2.24, 2.45) is 0 Å². The molecule has 0 amide bonds. The Morgan fingerprint density at radius 3 is 2.75 bits per heavy atom. The van der Waals surface area contributed by atoms with E-state index < -0.39 is 5.97 Å². The molecular formula is C16H13NO3. The summed E-state index contributed by atoms with van der Waals surface area (Å²) in [5.41, 5.74) is 2.14. The number of H-pyrrole nitrogens is 1. The Morgan fingerprint density at radius 1 is 1.15 bits per heavy atom. The first kappa shape index (κ1) is 12.3. The van der Waals surface area contributed by atoms with Crippen LogP contribution in [0.2, 0.25) is 0 Å². The van der Waals surface area contributed by atoms with E-state index in [0.717, 1.165) is 11.1 Å². The molecule has 3 aromatic rings. The van der Waals surface area contributed by atoms with E-state index in [2.05, 4.69) is 4.98 Å². The van der Waals surface area contributed by atoms with E-state index in [1.165, 1.54) is 0 Å². The molecular weight excluding hydrogens is 254 g/mol. The lowest BCUT2D eigenvalue weighted by Gasteiger charge is -2.04. The average Bonchev–Trinajstić information content (AvgIpc) is 2.89. The molecule has 0 bridgehead atoms. The highest BCUT2D eigenvalue weighted by Crippen LogP contribution is 2.23. The molecule has 100 valence electrons. The van der Waals surface area contributed by atoms with Crippen molar-refractivity contribution in [2.45, 2.75) is 6.61 Å². The second kappa shape index (κ2) is 5.09. The van der Waals surface area contributed by atoms with Crippen molar-refractivity contribution < 1.29 is 14.6 Å². The first-order valence-electron chi connectivity index (χ1n) is 6.25. The molecule has 1 heterocycles. The van der Waals surface area contributed by atoms with Gasteiger partial charge in [0.15, 0.2) is 0 Å². The number of hydrogen-bond donors (Lipinski definition) is 2. The fourth-order valence-electron chi connectivity index (χ4n) is 2.08. The van der Waals surface area contributed by atoms with E-state index in [1.54, 1.807) is 24.4 Å². The van der Waals surface area contributed by atoms with Crippen molar-refractivity contribution in [1.82, 2.24) is 4.98 Å². The standard InChI is InChI=1S/C16H13NO3/c18-12-6-7-15-13(8-12)14(9-17-15)16(19)20-10-11-4-2-1-3-5-11/h1-9,17-18H,10H2. The number of benzene rings is 2. The quantitative estimate of drug-likeness (QED) is 0.716. The number of phenols is 1. The molecule has 4 heteroatoms. The zero-order chi connectivity index (χ0) is 13.9. The minimum Gasteiger partial charge on any atom is -0.508 e. The molecule has 2 N–H and O–H groups in total. The van der Waals surface area contributed by atoms with Gasteiger partial charge >= 0.3 is 5.97 Å². The van der Waals surface area contributed by atoms with Gasteiger partial charge in [-0.1, -0.05) is 30.3 Å². The molecule has 2 aromatic carbocycles. The third-order valence-corrected chi connectivity index (χ3v) is 3.10. The van der Waals surface area contributed by atoms with Crippen LogP contribution < -0.4 is 0 Å². The number of hydrogen-bond acceptors (Lipinski definition) is 3. The van der Waals surface area contributed by atoms with Crippen LogP contribution in [0.3, 0.4) is 0 Å². The minimum absolute atomic E-state index is 0.120. The summed E-state index contributed by atoms with van der Waals surface area (Å²) in [7, 11) is 0. The predicted octanol–water partition coefficient (Wildman–Crippen LogP) is 3.23. The number of carbonyl (C=O) groups excluding carboxylic acids is 1. The maximum absolute atomic E-state index is 12.1. The van der Waals surface area contributed by atoms with E-state index in [4.69, 9.17) is 4.74 Å². The third-order valence-electron chi connectivity index (χ3n) is 3.10. The van der Waals surface area contributed by atoms with Gasteiger partial charge in [0, 0.05) is 17.1 Å². The number of fused-ring (bicyclic) bond motifs is 1. The second-order valence-electron chi connectivity index (χ2n) is 4.49. The maximum atomic E-state index is 12.1. The van der Waals surface area contributed by atoms with Crippen molar-refractivity contribution in [1.29, 1.82) is 0 Å². The summed E-state index contributed by atoms with van der Waals surface area (Å²) in [6, 6.07) is 14.3. The number of aromatic hydroxyl groups is 1. The summed E-state index contributed by atoms with van der Waals surface area (Å²) in [5.74, 6) is -0.292. The van der Waals surface area contributed by atoms with Crippen LogP contribution in [0.15, 0.2) is 54.7 Å². The summed E-state index contributed by atoms with van der Waals surface area (Å²) >= 11 is 0.